The molecule has 8 N–H and O–H groups in total. The van der Waals surface area contributed by atoms with Crippen LogP contribution in [-0.2, 0) is 28.5 Å². The maximum atomic E-state index is 14.6. The van der Waals surface area contributed by atoms with Crippen LogP contribution in [0.3, 0.4) is 0 Å². The largest absolute Gasteiger partial charge is 0.481 e. The number of fused-ring (bicyclic) bond motifs is 7. The van der Waals surface area contributed by atoms with Gasteiger partial charge in [0.05, 0.1) is 29.6 Å². The van der Waals surface area contributed by atoms with E-state index >= 15 is 0 Å². The molecule has 316 valence electrons. The number of esters is 1. The Kier molecular flexibility index (Phi) is 10.8. The molecular formula is C42H64O14. The van der Waals surface area contributed by atoms with Gasteiger partial charge in [-0.3, -0.25) is 9.59 Å². The Hall–Kier alpha value is -1.98. The molecule has 4 saturated carbocycles. The first kappa shape index (κ1) is 42.2. The first-order chi connectivity index (χ1) is 26.1. The smallest absolute Gasteiger partial charge is 0.315 e. The summed E-state index contributed by atoms with van der Waals surface area (Å²) in [5.74, 6) is -2.32. The summed E-state index contributed by atoms with van der Waals surface area (Å²) in [7, 11) is 0. The quantitative estimate of drug-likeness (QED) is 0.110. The van der Waals surface area contributed by atoms with E-state index in [1.165, 1.54) is 0 Å². The molecule has 14 nitrogen and oxygen atoms in total. The molecular weight excluding hydrogens is 728 g/mol. The van der Waals surface area contributed by atoms with E-state index in [1.807, 2.05) is 6.92 Å². The van der Waals surface area contributed by atoms with Gasteiger partial charge in [-0.1, -0.05) is 58.4 Å². The molecule has 6 fully saturated rings. The maximum absolute atomic E-state index is 14.6. The van der Waals surface area contributed by atoms with Gasteiger partial charge < -0.3 is 59.8 Å². The lowest BCUT2D eigenvalue weighted by Gasteiger charge is -2.70. The normalized spacial score (nSPS) is 52.7. The van der Waals surface area contributed by atoms with Crippen molar-refractivity contribution in [1.82, 2.24) is 0 Å². The number of ether oxygens (including phenoxy) is 4. The number of hydrogen-bond donors (Lipinski definition) is 8. The maximum Gasteiger partial charge on any atom is 0.315 e. The van der Waals surface area contributed by atoms with Crippen LogP contribution >= 0.6 is 0 Å². The monoisotopic (exact) mass is 792 g/mol. The second kappa shape index (κ2) is 14.3. The molecule has 2 aliphatic heterocycles. The number of carbonyl (C=O) groups is 2. The molecule has 2 heterocycles. The van der Waals surface area contributed by atoms with Crippen LogP contribution in [0.15, 0.2) is 23.8 Å². The Morgan fingerprint density at radius 1 is 0.821 bits per heavy atom. The zero-order chi connectivity index (χ0) is 41.1. The van der Waals surface area contributed by atoms with E-state index in [4.69, 9.17) is 18.9 Å². The summed E-state index contributed by atoms with van der Waals surface area (Å²) in [5.41, 5.74) is -2.23. The molecule has 0 bridgehead atoms. The Labute approximate surface area is 328 Å². The molecule has 7 aliphatic rings. The third-order valence-corrected chi connectivity index (χ3v) is 16.9. The molecule has 2 saturated heterocycles. The van der Waals surface area contributed by atoms with Crippen LogP contribution in [0, 0.1) is 50.7 Å². The van der Waals surface area contributed by atoms with E-state index in [0.29, 0.717) is 32.1 Å². The van der Waals surface area contributed by atoms with Crippen LogP contribution in [0.4, 0.5) is 0 Å². The van der Waals surface area contributed by atoms with Gasteiger partial charge >= 0.3 is 11.9 Å². The minimum atomic E-state index is -1.76. The first-order valence-corrected chi connectivity index (χ1v) is 20.6. The van der Waals surface area contributed by atoms with Gasteiger partial charge in [-0.05, 0) is 98.7 Å². The number of carboxylic acid groups (broad SMARTS) is 1. The summed E-state index contributed by atoms with van der Waals surface area (Å²) in [6.07, 6.45) is -7.53. The van der Waals surface area contributed by atoms with E-state index in [1.54, 1.807) is 6.92 Å². The minimum Gasteiger partial charge on any atom is -0.481 e. The van der Waals surface area contributed by atoms with Crippen LogP contribution in [-0.4, -0.2) is 127 Å². The SMILES string of the molecule is C=C1CC[C@]2(C(=O)O[C@@H]3O[C@H](CO)[C@@H](O)[C@H](O)[C@H]3O)CC[C@]3(C(=O)O)C(=CC[C@@H]4[C@@]5(C)CC[C@H](O[C@@H]6O[C@@H](C)[C@H](O)[C@@H](O)[C@H]6O)C(C)(C)[C@@H]5CC[C@]43C)[C@@H]2[C@H]1C. The topological polar surface area (TPSA) is 233 Å². The highest BCUT2D eigenvalue weighted by Crippen LogP contribution is 2.76. The minimum absolute atomic E-state index is 0.0296. The van der Waals surface area contributed by atoms with Crippen molar-refractivity contribution in [2.45, 2.75) is 167 Å². The molecule has 0 aromatic heterocycles. The van der Waals surface area contributed by atoms with Gasteiger partial charge in [-0.15, -0.1) is 0 Å². The van der Waals surface area contributed by atoms with E-state index in [-0.39, 0.29) is 42.1 Å². The van der Waals surface area contributed by atoms with Crippen molar-refractivity contribution < 1.29 is 69.4 Å². The van der Waals surface area contributed by atoms with E-state index in [9.17, 15) is 50.4 Å². The third kappa shape index (κ3) is 5.78. The summed E-state index contributed by atoms with van der Waals surface area (Å²) in [4.78, 5) is 28.8. The molecule has 0 unspecified atom stereocenters. The average molecular weight is 793 g/mol. The second-order valence-corrected chi connectivity index (χ2v) is 19.5. The number of allylic oxidation sites excluding steroid dienone is 2. The summed E-state index contributed by atoms with van der Waals surface area (Å²) in [6.45, 7) is 16.0. The molecule has 0 aromatic rings. The van der Waals surface area contributed by atoms with Gasteiger partial charge in [0.1, 0.15) is 42.7 Å². The highest BCUT2D eigenvalue weighted by atomic mass is 16.7. The number of aliphatic hydroxyl groups is 7. The van der Waals surface area contributed by atoms with Gasteiger partial charge in [-0.2, -0.15) is 0 Å². The van der Waals surface area contributed by atoms with Gasteiger partial charge in [0.25, 0.3) is 0 Å². The fourth-order valence-corrected chi connectivity index (χ4v) is 13.6. The lowest BCUT2D eigenvalue weighted by Crippen LogP contribution is -2.68. The number of aliphatic carboxylic acids is 1. The van der Waals surface area contributed by atoms with Crippen LogP contribution in [0.25, 0.3) is 0 Å². The van der Waals surface area contributed by atoms with Crippen LogP contribution in [0.2, 0.25) is 0 Å². The van der Waals surface area contributed by atoms with Gasteiger partial charge in [-0.25, -0.2) is 0 Å². The Balaban J connectivity index is 1.21. The molecule has 14 heteroatoms. The predicted molar refractivity (Wildman–Crippen MR) is 198 cm³/mol. The first-order valence-electron chi connectivity index (χ1n) is 20.6. The molecule has 0 aromatic carbocycles. The zero-order valence-electron chi connectivity index (χ0n) is 33.5. The molecule has 0 amide bonds. The van der Waals surface area contributed by atoms with Gasteiger partial charge in [0, 0.05) is 5.92 Å². The van der Waals surface area contributed by atoms with Crippen molar-refractivity contribution in [2.75, 3.05) is 6.61 Å². The van der Waals surface area contributed by atoms with E-state index in [2.05, 4.69) is 40.3 Å². The second-order valence-electron chi connectivity index (χ2n) is 19.5. The van der Waals surface area contributed by atoms with Gasteiger partial charge in [0.2, 0.25) is 6.29 Å². The Morgan fingerprint density at radius 3 is 2.14 bits per heavy atom. The number of aliphatic hydroxyl groups excluding tert-OH is 7. The van der Waals surface area contributed by atoms with Crippen molar-refractivity contribution in [1.29, 1.82) is 0 Å². The summed E-state index contributed by atoms with van der Waals surface area (Å²) in [5, 5.41) is 84.4. The number of carbonyl (C=O) groups excluding carboxylic acids is 1. The van der Waals surface area contributed by atoms with E-state index in [0.717, 1.165) is 24.0 Å². The number of hydrogen-bond acceptors (Lipinski definition) is 13. The summed E-state index contributed by atoms with van der Waals surface area (Å²) in [6, 6.07) is 0. The molecule has 5 aliphatic carbocycles. The van der Waals surface area contributed by atoms with Crippen molar-refractivity contribution in [3.05, 3.63) is 23.8 Å². The van der Waals surface area contributed by atoms with Crippen molar-refractivity contribution in [2.24, 2.45) is 50.7 Å². The van der Waals surface area contributed by atoms with Crippen LogP contribution < -0.4 is 0 Å². The fraction of sp³-hybridized carbons (Fsp3) is 0.857. The van der Waals surface area contributed by atoms with E-state index < -0.39 is 108 Å². The fourth-order valence-electron chi connectivity index (χ4n) is 13.6. The molecule has 0 radical (unpaired) electrons. The highest BCUT2D eigenvalue weighted by Gasteiger charge is 2.73. The van der Waals surface area contributed by atoms with Crippen LogP contribution in [0.1, 0.15) is 99.3 Å². The van der Waals surface area contributed by atoms with Crippen LogP contribution in [0.5, 0.6) is 0 Å². The van der Waals surface area contributed by atoms with Crippen molar-refractivity contribution in [3.63, 3.8) is 0 Å². The lowest BCUT2D eigenvalue weighted by molar-refractivity contribution is -0.324. The van der Waals surface area contributed by atoms with Gasteiger partial charge in [0.15, 0.2) is 6.29 Å². The third-order valence-electron chi connectivity index (χ3n) is 16.9. The molecule has 56 heavy (non-hydrogen) atoms. The Bertz CT molecular complexity index is 1600. The van der Waals surface area contributed by atoms with Crippen molar-refractivity contribution >= 4 is 11.9 Å². The number of rotatable bonds is 6. The summed E-state index contributed by atoms with van der Waals surface area (Å²) < 4.78 is 23.8. The average Bonchev–Trinajstić information content (AvgIpc) is 3.14. The Morgan fingerprint density at radius 2 is 1.48 bits per heavy atom. The van der Waals surface area contributed by atoms with Crippen molar-refractivity contribution in [3.8, 4) is 0 Å². The molecule has 0 spiro atoms. The highest BCUT2D eigenvalue weighted by molar-refractivity contribution is 5.85. The zero-order valence-corrected chi connectivity index (χ0v) is 33.5. The predicted octanol–water partition coefficient (Wildman–Crippen LogP) is 2.18. The lowest BCUT2D eigenvalue weighted by atomic mass is 9.33. The molecule has 7 rings (SSSR count). The standard InChI is InChI=1S/C42H64O14/c1-19-10-15-41(37(52)56-35-33(49)31(47)29(45)23(18-43)54-35)16-17-42(36(50)51)22(27(41)20(19)2)8-9-25-39(6)13-12-26(38(4,5)24(39)11-14-40(25,42)7)55-34-32(48)30(46)28(44)21(3)53-34/h8,20-21,23-35,43-49H,1,9-18H2,2-7H3,(H,50,51)/t20-,21-,23+,24-,25+,26-,27-,28-,29+,30+,31-,32+,33+,34-,35-,39-,40+,41-,42+/m0/s1. The number of carboxylic acids is 1. The molecule has 19 atom stereocenters. The summed E-state index contributed by atoms with van der Waals surface area (Å²) >= 11 is 0.